The van der Waals surface area contributed by atoms with E-state index in [1.165, 1.54) is 0 Å². The van der Waals surface area contributed by atoms with Crippen molar-refractivity contribution in [1.29, 1.82) is 0 Å². The third kappa shape index (κ3) is 9.27. The molecule has 123 valence electrons. The fourth-order valence-electron chi connectivity index (χ4n) is 1.48. The number of hydrogen-bond donors (Lipinski definition) is 0. The molecule has 0 aromatic carbocycles. The third-order valence-electron chi connectivity index (χ3n) is 2.05. The van der Waals surface area contributed by atoms with E-state index in [9.17, 15) is 0 Å². The molecule has 0 saturated heterocycles. The zero-order chi connectivity index (χ0) is 15.3. The first-order valence-electron chi connectivity index (χ1n) is 7.59. The van der Waals surface area contributed by atoms with Crippen LogP contribution in [0.5, 0.6) is 0 Å². The summed E-state index contributed by atoms with van der Waals surface area (Å²) >= 11 is 0. The highest BCUT2D eigenvalue weighted by Crippen LogP contribution is 2.11. The second kappa shape index (κ2) is 18.7. The van der Waals surface area contributed by atoms with Gasteiger partial charge in [0.2, 0.25) is 0 Å². The van der Waals surface area contributed by atoms with Crippen molar-refractivity contribution in [2.24, 2.45) is 0 Å². The lowest BCUT2D eigenvalue weighted by molar-refractivity contribution is 0.697. The lowest BCUT2D eigenvalue weighted by Crippen LogP contribution is -1.96. The fraction of sp³-hybridized carbons (Fsp3) is 0.647. The minimum atomic E-state index is 0. The fourth-order valence-corrected chi connectivity index (χ4v) is 1.48. The summed E-state index contributed by atoms with van der Waals surface area (Å²) in [5.74, 6) is 0. The largest absolute Gasteiger partial charge is 0.331 e. The van der Waals surface area contributed by atoms with Gasteiger partial charge in [-0.05, 0) is 19.4 Å². The maximum Gasteiger partial charge on any atom is 0.158 e. The maximum atomic E-state index is 4.40. The molecule has 2 aromatic rings. The minimum Gasteiger partial charge on any atom is -0.331 e. The molecule has 2 aromatic heterocycles. The molecular weight excluding hydrogens is 257 g/mol. The van der Waals surface area contributed by atoms with Gasteiger partial charge in [0.05, 0.1) is 11.9 Å². The van der Waals surface area contributed by atoms with Gasteiger partial charge in [-0.1, -0.05) is 55.9 Å². The molecule has 0 unspecified atom stereocenters. The highest BCUT2D eigenvalue weighted by molar-refractivity contribution is 5.75. The Labute approximate surface area is 136 Å². The van der Waals surface area contributed by atoms with Gasteiger partial charge >= 0.3 is 0 Å². The van der Waals surface area contributed by atoms with E-state index in [4.69, 9.17) is 0 Å². The van der Waals surface area contributed by atoms with Gasteiger partial charge in [-0.3, -0.25) is 0 Å². The van der Waals surface area contributed by atoms with Gasteiger partial charge in [-0.2, -0.15) is 0 Å². The summed E-state index contributed by atoms with van der Waals surface area (Å²) in [5.41, 5.74) is 2.96. The first kappa shape index (κ1) is 27.9. The Bertz CT molecular complexity index is 431. The van der Waals surface area contributed by atoms with Crippen molar-refractivity contribution in [3.05, 3.63) is 24.2 Å². The first-order valence-corrected chi connectivity index (χ1v) is 7.59. The predicted molar refractivity (Wildman–Crippen MR) is 101 cm³/mol. The van der Waals surface area contributed by atoms with Crippen LogP contribution in [-0.2, 0) is 6.54 Å². The molecule has 0 fully saturated rings. The standard InChI is InChI=1S/C10H13N3.3C2H6.CH4.B.H2/c1-3-5-13-6-4-9-10(13)11-7-8(2)12-9;3*1-2;;;/h4,6-7H,3,5H2,1-2H3;3*1-2H3;1H4;;1H/i;;;;;;1+1. The summed E-state index contributed by atoms with van der Waals surface area (Å²) in [5, 5.41) is 0. The molecular formula is C17H37BN3. The van der Waals surface area contributed by atoms with E-state index in [2.05, 4.69) is 21.5 Å². The van der Waals surface area contributed by atoms with E-state index >= 15 is 0 Å². The normalized spacial score (nSPS) is 7.62. The second-order valence-electron chi connectivity index (χ2n) is 3.23. The van der Waals surface area contributed by atoms with E-state index in [1.54, 1.807) is 0 Å². The van der Waals surface area contributed by atoms with Crippen molar-refractivity contribution in [2.45, 2.75) is 75.8 Å². The molecule has 0 bridgehead atoms. The van der Waals surface area contributed by atoms with Gasteiger partial charge in [0.15, 0.2) is 5.65 Å². The summed E-state index contributed by atoms with van der Waals surface area (Å²) in [6, 6.07) is 2.02. The number of aromatic nitrogens is 3. The van der Waals surface area contributed by atoms with Crippen LogP contribution in [-0.4, -0.2) is 22.9 Å². The van der Waals surface area contributed by atoms with E-state index in [0.717, 1.165) is 29.8 Å². The lowest BCUT2D eigenvalue weighted by Gasteiger charge is -2.00. The van der Waals surface area contributed by atoms with Crippen molar-refractivity contribution in [3.8, 4) is 0 Å². The average molecular weight is 295 g/mol. The Hall–Kier alpha value is -1.32. The van der Waals surface area contributed by atoms with Crippen LogP contribution in [0.15, 0.2) is 18.5 Å². The third-order valence-corrected chi connectivity index (χ3v) is 2.05. The van der Waals surface area contributed by atoms with Crippen LogP contribution in [0.3, 0.4) is 0 Å². The predicted octanol–water partition coefficient (Wildman–Crippen LogP) is 5.73. The summed E-state index contributed by atoms with van der Waals surface area (Å²) in [7, 11) is 0. The number of rotatable bonds is 2. The van der Waals surface area contributed by atoms with Crippen molar-refractivity contribution in [3.63, 3.8) is 0 Å². The summed E-state index contributed by atoms with van der Waals surface area (Å²) in [6.07, 6.45) is 4.99. The molecule has 0 aliphatic rings. The van der Waals surface area contributed by atoms with Gasteiger partial charge in [-0.25, -0.2) is 9.97 Å². The van der Waals surface area contributed by atoms with Crippen LogP contribution in [0.25, 0.3) is 11.2 Å². The Morgan fingerprint density at radius 1 is 1.10 bits per heavy atom. The van der Waals surface area contributed by atoms with Crippen LogP contribution in [0, 0.1) is 6.92 Å². The Balaban J connectivity index is -0.0000000966. The van der Waals surface area contributed by atoms with E-state index in [1.807, 2.05) is 66.9 Å². The van der Waals surface area contributed by atoms with Crippen LogP contribution in [0.2, 0.25) is 0 Å². The van der Waals surface area contributed by atoms with Crippen LogP contribution in [0.1, 0.15) is 69.4 Å². The molecule has 4 heteroatoms. The van der Waals surface area contributed by atoms with Crippen molar-refractivity contribution in [2.75, 3.05) is 0 Å². The van der Waals surface area contributed by atoms with E-state index in [-0.39, 0.29) is 17.3 Å². The number of aryl methyl sites for hydroxylation is 2. The summed E-state index contributed by atoms with van der Waals surface area (Å²) in [4.78, 5) is 8.75. The monoisotopic (exact) mass is 295 g/mol. The molecule has 2 rings (SSSR count). The second-order valence-corrected chi connectivity index (χ2v) is 3.23. The van der Waals surface area contributed by atoms with Crippen molar-refractivity contribution >= 4 is 19.6 Å². The van der Waals surface area contributed by atoms with Crippen LogP contribution < -0.4 is 0 Å². The summed E-state index contributed by atoms with van der Waals surface area (Å²) < 4.78 is 2.14. The zero-order valence-electron chi connectivity index (χ0n) is 14.6. The van der Waals surface area contributed by atoms with Gasteiger partial charge in [0.1, 0.15) is 5.52 Å². The Morgan fingerprint density at radius 2 is 1.62 bits per heavy atom. The zero-order valence-corrected chi connectivity index (χ0v) is 14.6. The average Bonchev–Trinajstić information content (AvgIpc) is 2.88. The quantitative estimate of drug-likeness (QED) is 0.662. The van der Waals surface area contributed by atoms with Crippen LogP contribution >= 0.6 is 0 Å². The highest BCUT2D eigenvalue weighted by Gasteiger charge is 2.01. The van der Waals surface area contributed by atoms with Gasteiger partial charge in [0, 0.05) is 22.6 Å². The van der Waals surface area contributed by atoms with Crippen molar-refractivity contribution < 1.29 is 1.43 Å². The molecule has 0 spiro atoms. The SMILES string of the molecule is C.CC.CC.CC.CCCn1ccc2nc(C)cnc21.[2HH].[B]. The van der Waals surface area contributed by atoms with E-state index < -0.39 is 0 Å². The van der Waals surface area contributed by atoms with Crippen molar-refractivity contribution in [1.82, 2.24) is 14.5 Å². The topological polar surface area (TPSA) is 30.7 Å². The lowest BCUT2D eigenvalue weighted by atomic mass is 10.4. The maximum absolute atomic E-state index is 4.40. The number of nitrogens with zero attached hydrogens (tertiary/aromatic N) is 3. The molecule has 0 N–H and O–H groups in total. The van der Waals surface area contributed by atoms with Gasteiger partial charge in [0.25, 0.3) is 0 Å². The Morgan fingerprint density at radius 3 is 2.10 bits per heavy atom. The van der Waals surface area contributed by atoms with Gasteiger partial charge in [-0.15, -0.1) is 0 Å². The van der Waals surface area contributed by atoms with Crippen LogP contribution in [0.4, 0.5) is 0 Å². The number of fused-ring (bicyclic) bond motifs is 1. The van der Waals surface area contributed by atoms with E-state index in [0.29, 0.717) is 0 Å². The molecule has 0 aliphatic heterocycles. The molecule has 0 saturated carbocycles. The number of hydrogen-bond acceptors (Lipinski definition) is 2. The smallest absolute Gasteiger partial charge is 0.158 e. The molecule has 0 atom stereocenters. The molecule has 2 heterocycles. The first-order chi connectivity index (χ1) is 9.31. The molecule has 0 amide bonds. The molecule has 21 heavy (non-hydrogen) atoms. The summed E-state index contributed by atoms with van der Waals surface area (Å²) in [6.45, 7) is 17.1. The molecule has 3 radical (unpaired) electrons. The highest BCUT2D eigenvalue weighted by atomic mass is 15.0. The molecule has 0 aliphatic carbocycles. The Kier molecular flexibility index (Phi) is 24.9. The van der Waals surface area contributed by atoms with Gasteiger partial charge < -0.3 is 4.57 Å². The molecule has 3 nitrogen and oxygen atoms in total. The minimum absolute atomic E-state index is 0.